The largest absolute Gasteiger partial charge is 0.472 e. The summed E-state index contributed by atoms with van der Waals surface area (Å²) in [4.78, 5) is 14.7. The molecule has 0 bridgehead atoms. The lowest BCUT2D eigenvalue weighted by molar-refractivity contribution is 0.0972. The standard InChI is InChI=1S/C8H6N2O3/c1-5(11)8-9-7(10-13-8)6-2-3-12-4-6/h2-4H,1H3. The lowest BCUT2D eigenvalue weighted by atomic mass is 10.3. The number of hydrogen-bond acceptors (Lipinski definition) is 5. The van der Waals surface area contributed by atoms with Crippen molar-refractivity contribution in [2.24, 2.45) is 0 Å². The third kappa shape index (κ3) is 1.35. The van der Waals surface area contributed by atoms with Gasteiger partial charge in [0.2, 0.25) is 11.6 Å². The van der Waals surface area contributed by atoms with E-state index in [1.165, 1.54) is 19.5 Å². The van der Waals surface area contributed by atoms with Crippen LogP contribution in [0.3, 0.4) is 0 Å². The normalized spacial score (nSPS) is 10.2. The second-order valence-corrected chi connectivity index (χ2v) is 2.49. The van der Waals surface area contributed by atoms with Crippen molar-refractivity contribution in [3.63, 3.8) is 0 Å². The van der Waals surface area contributed by atoms with Gasteiger partial charge in [0.1, 0.15) is 6.26 Å². The molecule has 0 aliphatic carbocycles. The zero-order valence-corrected chi connectivity index (χ0v) is 6.85. The lowest BCUT2D eigenvalue weighted by Gasteiger charge is -1.80. The molecule has 2 heterocycles. The van der Waals surface area contributed by atoms with Gasteiger partial charge in [-0.3, -0.25) is 4.79 Å². The third-order valence-corrected chi connectivity index (χ3v) is 1.51. The van der Waals surface area contributed by atoms with Gasteiger partial charge in [-0.15, -0.1) is 0 Å². The number of rotatable bonds is 2. The van der Waals surface area contributed by atoms with Crippen LogP contribution >= 0.6 is 0 Å². The summed E-state index contributed by atoms with van der Waals surface area (Å²) in [5, 5.41) is 3.61. The van der Waals surface area contributed by atoms with Crippen LogP contribution in [0.1, 0.15) is 17.6 Å². The first-order valence-electron chi connectivity index (χ1n) is 3.64. The van der Waals surface area contributed by atoms with Crippen LogP contribution in [-0.4, -0.2) is 15.9 Å². The Labute approximate surface area is 73.4 Å². The number of aromatic nitrogens is 2. The van der Waals surface area contributed by atoms with Crippen LogP contribution in [0.25, 0.3) is 11.4 Å². The van der Waals surface area contributed by atoms with E-state index in [1.54, 1.807) is 6.07 Å². The second kappa shape index (κ2) is 2.85. The summed E-state index contributed by atoms with van der Waals surface area (Å²) in [7, 11) is 0. The summed E-state index contributed by atoms with van der Waals surface area (Å²) in [6, 6.07) is 1.69. The Morgan fingerprint density at radius 1 is 1.54 bits per heavy atom. The fourth-order valence-corrected chi connectivity index (χ4v) is 0.875. The molecule has 0 radical (unpaired) electrons. The molecule has 5 heteroatoms. The summed E-state index contributed by atoms with van der Waals surface area (Å²) >= 11 is 0. The molecule has 2 rings (SSSR count). The average molecular weight is 178 g/mol. The molecule has 0 aliphatic rings. The highest BCUT2D eigenvalue weighted by molar-refractivity contribution is 5.89. The van der Waals surface area contributed by atoms with Gasteiger partial charge in [-0.2, -0.15) is 4.98 Å². The number of hydrogen-bond donors (Lipinski definition) is 0. The van der Waals surface area contributed by atoms with Gasteiger partial charge in [0.25, 0.3) is 5.89 Å². The molecule has 0 amide bonds. The molecule has 0 spiro atoms. The first-order valence-corrected chi connectivity index (χ1v) is 3.64. The summed E-state index contributed by atoms with van der Waals surface area (Å²) in [6.45, 7) is 1.37. The molecule has 0 atom stereocenters. The van der Waals surface area contributed by atoms with Gasteiger partial charge in [0.15, 0.2) is 0 Å². The molecule has 2 aromatic rings. The summed E-state index contributed by atoms with van der Waals surface area (Å²) in [5.41, 5.74) is 0.691. The molecule has 13 heavy (non-hydrogen) atoms. The van der Waals surface area contributed by atoms with Gasteiger partial charge in [-0.25, -0.2) is 0 Å². The minimum Gasteiger partial charge on any atom is -0.472 e. The van der Waals surface area contributed by atoms with E-state index in [1.807, 2.05) is 0 Å². The van der Waals surface area contributed by atoms with Crippen molar-refractivity contribution in [2.75, 3.05) is 0 Å². The van der Waals surface area contributed by atoms with Crippen molar-refractivity contribution in [1.82, 2.24) is 10.1 Å². The number of carbonyl (C=O) groups excluding carboxylic acids is 1. The topological polar surface area (TPSA) is 69.1 Å². The van der Waals surface area contributed by atoms with Gasteiger partial charge < -0.3 is 8.94 Å². The number of carbonyl (C=O) groups is 1. The smallest absolute Gasteiger partial charge is 0.294 e. The van der Waals surface area contributed by atoms with Gasteiger partial charge in [0, 0.05) is 6.92 Å². The van der Waals surface area contributed by atoms with Crippen molar-refractivity contribution in [3.05, 3.63) is 24.5 Å². The van der Waals surface area contributed by atoms with E-state index in [0.29, 0.717) is 11.4 Å². The van der Waals surface area contributed by atoms with Gasteiger partial charge >= 0.3 is 0 Å². The predicted molar refractivity (Wildman–Crippen MR) is 42.0 cm³/mol. The maximum Gasteiger partial charge on any atom is 0.294 e. The number of ketones is 1. The van der Waals surface area contributed by atoms with Crippen LogP contribution in [-0.2, 0) is 0 Å². The molecule has 2 aromatic heterocycles. The highest BCUT2D eigenvalue weighted by atomic mass is 16.5. The van der Waals surface area contributed by atoms with Crippen LogP contribution in [0, 0.1) is 0 Å². The minimum absolute atomic E-state index is 0.0104. The number of furan rings is 1. The molecule has 0 N–H and O–H groups in total. The van der Waals surface area contributed by atoms with E-state index < -0.39 is 0 Å². The lowest BCUT2D eigenvalue weighted by Crippen LogP contribution is -1.90. The summed E-state index contributed by atoms with van der Waals surface area (Å²) in [5.74, 6) is 0.123. The van der Waals surface area contributed by atoms with Crippen LogP contribution in [0.5, 0.6) is 0 Å². The molecule has 0 aromatic carbocycles. The molecular formula is C8H6N2O3. The van der Waals surface area contributed by atoms with Crippen molar-refractivity contribution in [1.29, 1.82) is 0 Å². The van der Waals surface area contributed by atoms with Crippen LogP contribution in [0.4, 0.5) is 0 Å². The molecule has 0 saturated carbocycles. The van der Waals surface area contributed by atoms with Crippen LogP contribution in [0.2, 0.25) is 0 Å². The SMILES string of the molecule is CC(=O)c1nc(-c2ccoc2)no1. The highest BCUT2D eigenvalue weighted by Gasteiger charge is 2.12. The maximum absolute atomic E-state index is 10.8. The Morgan fingerprint density at radius 2 is 2.38 bits per heavy atom. The van der Waals surface area contributed by atoms with E-state index >= 15 is 0 Å². The number of nitrogens with zero attached hydrogens (tertiary/aromatic N) is 2. The van der Waals surface area contributed by atoms with Crippen molar-refractivity contribution in [3.8, 4) is 11.4 Å². The van der Waals surface area contributed by atoms with Crippen molar-refractivity contribution >= 4 is 5.78 Å². The van der Waals surface area contributed by atoms with Crippen molar-refractivity contribution in [2.45, 2.75) is 6.92 Å². The predicted octanol–water partition coefficient (Wildman–Crippen LogP) is 1.53. The zero-order chi connectivity index (χ0) is 9.26. The monoisotopic (exact) mass is 178 g/mol. The Balaban J connectivity index is 2.39. The van der Waals surface area contributed by atoms with E-state index in [0.717, 1.165) is 0 Å². The summed E-state index contributed by atoms with van der Waals surface area (Å²) in [6.07, 6.45) is 2.98. The van der Waals surface area contributed by atoms with E-state index in [4.69, 9.17) is 8.94 Å². The molecule has 0 aliphatic heterocycles. The van der Waals surface area contributed by atoms with Crippen LogP contribution in [0.15, 0.2) is 27.5 Å². The molecule has 0 unspecified atom stereocenters. The second-order valence-electron chi connectivity index (χ2n) is 2.49. The molecule has 66 valence electrons. The first-order chi connectivity index (χ1) is 6.27. The van der Waals surface area contributed by atoms with Crippen LogP contribution < -0.4 is 0 Å². The Kier molecular flexibility index (Phi) is 1.70. The Bertz CT molecular complexity index is 416. The third-order valence-electron chi connectivity index (χ3n) is 1.51. The number of Topliss-reactive ketones (excluding diaryl/α,β-unsaturated/α-hetero) is 1. The van der Waals surface area contributed by atoms with Crippen molar-refractivity contribution < 1.29 is 13.7 Å². The van der Waals surface area contributed by atoms with E-state index in [9.17, 15) is 4.79 Å². The average Bonchev–Trinajstić information content (AvgIpc) is 2.75. The van der Waals surface area contributed by atoms with Gasteiger partial charge in [0.05, 0.1) is 11.8 Å². The van der Waals surface area contributed by atoms with Gasteiger partial charge in [-0.05, 0) is 6.07 Å². The fraction of sp³-hybridized carbons (Fsp3) is 0.125. The summed E-state index contributed by atoms with van der Waals surface area (Å²) < 4.78 is 9.53. The fourth-order valence-electron chi connectivity index (χ4n) is 0.875. The Hall–Kier alpha value is -1.91. The maximum atomic E-state index is 10.8. The van der Waals surface area contributed by atoms with E-state index in [-0.39, 0.29) is 11.7 Å². The highest BCUT2D eigenvalue weighted by Crippen LogP contribution is 2.15. The minimum atomic E-state index is -0.248. The van der Waals surface area contributed by atoms with E-state index in [2.05, 4.69) is 10.1 Å². The van der Waals surface area contributed by atoms with Gasteiger partial charge in [-0.1, -0.05) is 5.16 Å². The molecule has 0 saturated heterocycles. The Morgan fingerprint density at radius 3 is 2.92 bits per heavy atom. The quantitative estimate of drug-likeness (QED) is 0.652. The molecular weight excluding hydrogens is 172 g/mol. The zero-order valence-electron chi connectivity index (χ0n) is 6.85. The molecule has 0 fully saturated rings. The molecule has 5 nitrogen and oxygen atoms in total. The first kappa shape index (κ1) is 7.72.